The van der Waals surface area contributed by atoms with E-state index in [4.69, 9.17) is 4.74 Å². The summed E-state index contributed by atoms with van der Waals surface area (Å²) in [5.41, 5.74) is 10.8. The summed E-state index contributed by atoms with van der Waals surface area (Å²) in [5, 5.41) is 3.63. The number of aryl methyl sites for hydroxylation is 6. The van der Waals surface area contributed by atoms with Gasteiger partial charge in [-0.1, -0.05) is 35.4 Å². The van der Waals surface area contributed by atoms with Crippen molar-refractivity contribution in [3.63, 3.8) is 0 Å². The Labute approximate surface area is 158 Å². The zero-order valence-corrected chi connectivity index (χ0v) is 17.4. The Morgan fingerprint density at radius 1 is 0.846 bits per heavy atom. The molecule has 3 nitrogen and oxygen atoms in total. The van der Waals surface area contributed by atoms with Crippen molar-refractivity contribution in [3.05, 3.63) is 57.6 Å². The van der Waals surface area contributed by atoms with E-state index >= 15 is 0 Å². The number of benzene rings is 2. The summed E-state index contributed by atoms with van der Waals surface area (Å²) >= 11 is 0. The molecular formula is C23H33N2O+. The molecule has 1 aliphatic rings. The third kappa shape index (κ3) is 2.98. The first-order chi connectivity index (χ1) is 12.3. The van der Waals surface area contributed by atoms with E-state index in [0.29, 0.717) is 6.61 Å². The number of ether oxygens (including phenoxy) is 1. The summed E-state index contributed by atoms with van der Waals surface area (Å²) in [4.78, 5) is 0. The van der Waals surface area contributed by atoms with Crippen molar-refractivity contribution in [1.29, 1.82) is 0 Å². The smallest absolute Gasteiger partial charge is 0.263 e. The molecule has 1 atom stereocenters. The van der Waals surface area contributed by atoms with Gasteiger partial charge in [0, 0.05) is 22.3 Å². The van der Waals surface area contributed by atoms with Crippen LogP contribution in [0.2, 0.25) is 0 Å². The van der Waals surface area contributed by atoms with Gasteiger partial charge in [0.25, 0.3) is 6.35 Å². The predicted molar refractivity (Wildman–Crippen MR) is 111 cm³/mol. The van der Waals surface area contributed by atoms with Crippen LogP contribution in [0.5, 0.6) is 0 Å². The molecule has 26 heavy (non-hydrogen) atoms. The van der Waals surface area contributed by atoms with E-state index in [2.05, 4.69) is 78.0 Å². The standard InChI is InChI=1S/C23H33N2O/c1-8-26-23-24-9-10-25(23,21-17(4)11-15(2)12-18(21)5)22-19(6)13-16(3)14-20(22)7/h11-14,23-24H,8-10H2,1-7H3/q+1. The van der Waals surface area contributed by atoms with E-state index in [1.165, 1.54) is 44.8 Å². The van der Waals surface area contributed by atoms with Gasteiger partial charge in [-0.2, -0.15) is 0 Å². The monoisotopic (exact) mass is 353 g/mol. The summed E-state index contributed by atoms with van der Waals surface area (Å²) < 4.78 is 7.01. The molecule has 0 spiro atoms. The Balaban J connectivity index is 2.37. The lowest BCUT2D eigenvalue weighted by Crippen LogP contribution is -2.54. The van der Waals surface area contributed by atoms with Crippen molar-refractivity contribution >= 4 is 11.4 Å². The maximum Gasteiger partial charge on any atom is 0.263 e. The van der Waals surface area contributed by atoms with Crippen molar-refractivity contribution in [1.82, 2.24) is 9.80 Å². The molecule has 3 heteroatoms. The van der Waals surface area contributed by atoms with Gasteiger partial charge in [-0.3, -0.25) is 0 Å². The predicted octanol–water partition coefficient (Wildman–Crippen LogP) is 5.10. The van der Waals surface area contributed by atoms with Crippen molar-refractivity contribution in [2.24, 2.45) is 0 Å². The molecule has 0 saturated carbocycles. The van der Waals surface area contributed by atoms with E-state index in [-0.39, 0.29) is 6.35 Å². The van der Waals surface area contributed by atoms with Crippen LogP contribution >= 0.6 is 0 Å². The van der Waals surface area contributed by atoms with Crippen LogP contribution in [0.3, 0.4) is 0 Å². The average molecular weight is 354 g/mol. The topological polar surface area (TPSA) is 21.3 Å². The fourth-order valence-electron chi connectivity index (χ4n) is 5.16. The van der Waals surface area contributed by atoms with Gasteiger partial charge >= 0.3 is 0 Å². The van der Waals surface area contributed by atoms with E-state index in [1.54, 1.807) is 0 Å². The minimum atomic E-state index is -0.0554. The normalized spacial score (nSPS) is 19.1. The summed E-state index contributed by atoms with van der Waals surface area (Å²) in [6, 6.07) is 9.23. The van der Waals surface area contributed by atoms with Crippen LogP contribution in [0.1, 0.15) is 40.3 Å². The second kappa shape index (κ2) is 7.15. The van der Waals surface area contributed by atoms with E-state index in [9.17, 15) is 0 Å². The van der Waals surface area contributed by atoms with E-state index in [0.717, 1.165) is 17.6 Å². The summed E-state index contributed by atoms with van der Waals surface area (Å²) in [6.07, 6.45) is -0.0554. The zero-order chi connectivity index (χ0) is 19.1. The fraction of sp³-hybridized carbons (Fsp3) is 0.478. The summed E-state index contributed by atoms with van der Waals surface area (Å²) in [5.74, 6) is 0. The molecule has 0 radical (unpaired) electrons. The van der Waals surface area contributed by atoms with Crippen LogP contribution in [-0.2, 0) is 4.74 Å². The van der Waals surface area contributed by atoms with Crippen molar-refractivity contribution in [2.45, 2.75) is 54.8 Å². The maximum atomic E-state index is 6.27. The molecule has 1 fully saturated rings. The maximum absolute atomic E-state index is 6.27. The third-order valence-electron chi connectivity index (χ3n) is 5.58. The highest BCUT2D eigenvalue weighted by Gasteiger charge is 2.49. The Bertz CT molecular complexity index is 721. The molecule has 3 rings (SSSR count). The highest BCUT2D eigenvalue weighted by atomic mass is 16.5. The number of rotatable bonds is 4. The number of quaternary nitrogens is 1. The molecule has 0 amide bonds. The largest absolute Gasteiger partial charge is 0.316 e. The molecule has 1 saturated heterocycles. The quantitative estimate of drug-likeness (QED) is 0.772. The van der Waals surface area contributed by atoms with Crippen molar-refractivity contribution < 1.29 is 4.74 Å². The van der Waals surface area contributed by atoms with Gasteiger partial charge in [0.1, 0.15) is 17.9 Å². The summed E-state index contributed by atoms with van der Waals surface area (Å²) in [6.45, 7) is 18.1. The number of hydrogen-bond acceptors (Lipinski definition) is 2. The van der Waals surface area contributed by atoms with Gasteiger partial charge in [0.15, 0.2) is 0 Å². The molecular weight excluding hydrogens is 320 g/mol. The average Bonchev–Trinajstić information content (AvgIpc) is 2.89. The van der Waals surface area contributed by atoms with Gasteiger partial charge < -0.3 is 4.74 Å². The minimum Gasteiger partial charge on any atom is -0.316 e. The molecule has 1 N–H and O–H groups in total. The molecule has 2 aromatic rings. The molecule has 0 aromatic heterocycles. The number of nitrogens with zero attached hydrogens (tertiary/aromatic N) is 1. The van der Waals surface area contributed by atoms with Gasteiger partial charge in [-0.15, -0.1) is 0 Å². The van der Waals surface area contributed by atoms with Crippen molar-refractivity contribution in [2.75, 3.05) is 19.7 Å². The third-order valence-corrected chi connectivity index (χ3v) is 5.58. The van der Waals surface area contributed by atoms with Crippen LogP contribution in [0.4, 0.5) is 11.4 Å². The molecule has 1 unspecified atom stereocenters. The van der Waals surface area contributed by atoms with Crippen molar-refractivity contribution in [3.8, 4) is 0 Å². The van der Waals surface area contributed by atoms with Crippen LogP contribution < -0.4 is 9.80 Å². The van der Waals surface area contributed by atoms with Gasteiger partial charge in [0.2, 0.25) is 0 Å². The molecule has 1 aliphatic heterocycles. The SMILES string of the molecule is CCOC1NCC[N+]1(c1c(C)cc(C)cc1C)c1c(C)cc(C)cc1C. The van der Waals surface area contributed by atoms with Crippen LogP contribution in [0.15, 0.2) is 24.3 Å². The fourth-order valence-corrected chi connectivity index (χ4v) is 5.16. The highest BCUT2D eigenvalue weighted by molar-refractivity contribution is 5.71. The first-order valence-corrected chi connectivity index (χ1v) is 9.70. The Kier molecular flexibility index (Phi) is 5.25. The molecule has 0 bridgehead atoms. The summed E-state index contributed by atoms with van der Waals surface area (Å²) in [7, 11) is 0. The Morgan fingerprint density at radius 3 is 1.65 bits per heavy atom. The first-order valence-electron chi connectivity index (χ1n) is 9.70. The van der Waals surface area contributed by atoms with Gasteiger partial charge in [-0.05, 0) is 48.5 Å². The Hall–Kier alpha value is -1.68. The molecule has 140 valence electrons. The van der Waals surface area contributed by atoms with Crippen LogP contribution in [0.25, 0.3) is 0 Å². The van der Waals surface area contributed by atoms with Gasteiger partial charge in [0.05, 0.1) is 13.2 Å². The van der Waals surface area contributed by atoms with Crippen LogP contribution in [-0.4, -0.2) is 26.0 Å². The second-order valence-corrected chi connectivity index (χ2v) is 7.85. The highest BCUT2D eigenvalue weighted by Crippen LogP contribution is 2.46. The zero-order valence-electron chi connectivity index (χ0n) is 17.4. The van der Waals surface area contributed by atoms with Gasteiger partial charge in [-0.25, -0.2) is 9.80 Å². The minimum absolute atomic E-state index is 0.0554. The van der Waals surface area contributed by atoms with E-state index in [1.807, 2.05) is 0 Å². The lowest BCUT2D eigenvalue weighted by molar-refractivity contribution is -0.0161. The lowest BCUT2D eigenvalue weighted by Gasteiger charge is -2.41. The lowest BCUT2D eigenvalue weighted by atomic mass is 9.97. The van der Waals surface area contributed by atoms with E-state index < -0.39 is 0 Å². The molecule has 0 aliphatic carbocycles. The molecule has 1 heterocycles. The number of nitrogens with one attached hydrogen (secondary N) is 1. The Morgan fingerprint density at radius 2 is 1.27 bits per heavy atom. The van der Waals surface area contributed by atoms with Crippen LogP contribution in [0, 0.1) is 41.5 Å². The second-order valence-electron chi connectivity index (χ2n) is 7.85. The first kappa shape index (κ1) is 19.1. The number of hydrogen-bond donors (Lipinski definition) is 1. The molecule has 2 aromatic carbocycles.